The van der Waals surface area contributed by atoms with E-state index in [1.807, 2.05) is 4.90 Å². The lowest BCUT2D eigenvalue weighted by Gasteiger charge is -2.46. The minimum atomic E-state index is 0.0505. The highest BCUT2D eigenvalue weighted by Gasteiger charge is 2.37. The number of rotatable bonds is 5. The molecule has 0 aromatic carbocycles. The monoisotopic (exact) mass is 283 g/mol. The van der Waals surface area contributed by atoms with Crippen LogP contribution in [0.15, 0.2) is 0 Å². The molecule has 2 N–H and O–H groups in total. The largest absolute Gasteiger partial charge is 0.378 e. The van der Waals surface area contributed by atoms with E-state index in [0.717, 1.165) is 32.5 Å². The summed E-state index contributed by atoms with van der Waals surface area (Å²) < 4.78 is 5.31. The van der Waals surface area contributed by atoms with E-state index < -0.39 is 0 Å². The number of carbonyl (C=O) groups is 1. The van der Waals surface area contributed by atoms with Crippen LogP contribution in [0.2, 0.25) is 0 Å². The first-order valence-electron chi connectivity index (χ1n) is 8.02. The van der Waals surface area contributed by atoms with Gasteiger partial charge in [0.1, 0.15) is 0 Å². The lowest BCUT2D eigenvalue weighted by Crippen LogP contribution is -2.58. The van der Waals surface area contributed by atoms with Crippen molar-refractivity contribution in [1.29, 1.82) is 0 Å². The van der Waals surface area contributed by atoms with Crippen molar-refractivity contribution in [1.82, 2.24) is 9.80 Å². The number of hydrogen-bond acceptors (Lipinski definition) is 4. The van der Waals surface area contributed by atoms with Gasteiger partial charge in [0.05, 0.1) is 19.8 Å². The van der Waals surface area contributed by atoms with Gasteiger partial charge in [0.25, 0.3) is 0 Å². The molecule has 2 rings (SSSR count). The van der Waals surface area contributed by atoms with Gasteiger partial charge in [-0.05, 0) is 19.4 Å². The molecule has 1 heterocycles. The highest BCUT2D eigenvalue weighted by Crippen LogP contribution is 2.32. The number of hydrogen-bond donors (Lipinski definition) is 1. The molecule has 0 spiro atoms. The van der Waals surface area contributed by atoms with E-state index in [0.29, 0.717) is 26.3 Å². The second-order valence-electron chi connectivity index (χ2n) is 6.00. The normalized spacial score (nSPS) is 23.1. The van der Waals surface area contributed by atoms with Crippen LogP contribution in [0.3, 0.4) is 0 Å². The van der Waals surface area contributed by atoms with Gasteiger partial charge in [0, 0.05) is 25.2 Å². The smallest absolute Gasteiger partial charge is 0.236 e. The first kappa shape index (κ1) is 15.7. The van der Waals surface area contributed by atoms with Crippen LogP contribution in [0.5, 0.6) is 0 Å². The Morgan fingerprint density at radius 2 is 1.90 bits per heavy atom. The molecule has 2 fully saturated rings. The predicted molar refractivity (Wildman–Crippen MR) is 79.5 cm³/mol. The molecule has 5 heteroatoms. The van der Waals surface area contributed by atoms with Crippen molar-refractivity contribution >= 4 is 5.91 Å². The van der Waals surface area contributed by atoms with Crippen molar-refractivity contribution in [2.45, 2.75) is 44.6 Å². The molecule has 0 aromatic heterocycles. The van der Waals surface area contributed by atoms with Crippen molar-refractivity contribution < 1.29 is 9.53 Å². The van der Waals surface area contributed by atoms with E-state index in [9.17, 15) is 4.79 Å². The summed E-state index contributed by atoms with van der Waals surface area (Å²) in [5.74, 6) is 0.230. The van der Waals surface area contributed by atoms with Gasteiger partial charge in [-0.3, -0.25) is 9.69 Å². The molecule has 1 saturated carbocycles. The molecule has 1 aliphatic heterocycles. The zero-order valence-corrected chi connectivity index (χ0v) is 12.8. The fraction of sp³-hybridized carbons (Fsp3) is 0.933. The van der Waals surface area contributed by atoms with Crippen LogP contribution < -0.4 is 5.73 Å². The number of amides is 1. The molecule has 0 unspecified atom stereocenters. The standard InChI is InChI=1S/C15H29N3O2/c1-2-18(15(13-16)6-4-3-5-7-15)12-14(19)17-8-10-20-11-9-17/h2-13,16H2,1H3. The van der Waals surface area contributed by atoms with Crippen LogP contribution in [0, 0.1) is 0 Å². The molecule has 20 heavy (non-hydrogen) atoms. The number of ether oxygens (including phenoxy) is 1. The van der Waals surface area contributed by atoms with Gasteiger partial charge in [0.2, 0.25) is 5.91 Å². The molecule has 5 nitrogen and oxygen atoms in total. The lowest BCUT2D eigenvalue weighted by atomic mass is 9.80. The number of likely N-dealkylation sites (N-methyl/N-ethyl adjacent to an activating group) is 1. The Balaban J connectivity index is 1.97. The highest BCUT2D eigenvalue weighted by atomic mass is 16.5. The Kier molecular flexibility index (Phi) is 5.81. The van der Waals surface area contributed by atoms with Crippen LogP contribution in [0.4, 0.5) is 0 Å². The van der Waals surface area contributed by atoms with E-state index in [4.69, 9.17) is 10.5 Å². The van der Waals surface area contributed by atoms with Crippen molar-refractivity contribution in [3.05, 3.63) is 0 Å². The number of morpholine rings is 1. The average Bonchev–Trinajstić information content (AvgIpc) is 2.53. The first-order valence-corrected chi connectivity index (χ1v) is 8.02. The summed E-state index contributed by atoms with van der Waals surface area (Å²) in [5.41, 5.74) is 6.13. The third-order valence-electron chi connectivity index (χ3n) is 4.91. The molecular weight excluding hydrogens is 254 g/mol. The van der Waals surface area contributed by atoms with Crippen LogP contribution in [0.1, 0.15) is 39.0 Å². The number of nitrogens with zero attached hydrogens (tertiary/aromatic N) is 2. The Morgan fingerprint density at radius 1 is 1.25 bits per heavy atom. The third kappa shape index (κ3) is 3.51. The Labute approximate surface area is 122 Å². The Bertz CT molecular complexity index is 310. The maximum Gasteiger partial charge on any atom is 0.236 e. The molecule has 116 valence electrons. The quantitative estimate of drug-likeness (QED) is 0.812. The van der Waals surface area contributed by atoms with E-state index in [1.54, 1.807) is 0 Å². The van der Waals surface area contributed by atoms with E-state index >= 15 is 0 Å². The molecule has 2 aliphatic rings. The molecule has 0 radical (unpaired) electrons. The SMILES string of the molecule is CCN(CC(=O)N1CCOCC1)C1(CN)CCCCC1. The minimum absolute atomic E-state index is 0.0505. The van der Waals surface area contributed by atoms with Crippen molar-refractivity contribution in [2.24, 2.45) is 5.73 Å². The van der Waals surface area contributed by atoms with Crippen LogP contribution in [-0.4, -0.2) is 67.2 Å². The second-order valence-corrected chi connectivity index (χ2v) is 6.00. The molecule has 1 amide bonds. The van der Waals surface area contributed by atoms with Crippen molar-refractivity contribution in [2.75, 3.05) is 45.9 Å². The van der Waals surface area contributed by atoms with Gasteiger partial charge >= 0.3 is 0 Å². The fourth-order valence-electron chi connectivity index (χ4n) is 3.55. The number of carbonyl (C=O) groups excluding carboxylic acids is 1. The second kappa shape index (κ2) is 7.38. The van der Waals surface area contributed by atoms with E-state index in [2.05, 4.69) is 11.8 Å². The summed E-state index contributed by atoms with van der Waals surface area (Å²) in [7, 11) is 0. The van der Waals surface area contributed by atoms with Crippen LogP contribution in [-0.2, 0) is 9.53 Å². The molecule has 0 aromatic rings. The summed E-state index contributed by atoms with van der Waals surface area (Å²) in [6.45, 7) is 6.99. The van der Waals surface area contributed by atoms with Gasteiger partial charge in [-0.15, -0.1) is 0 Å². The zero-order valence-electron chi connectivity index (χ0n) is 12.8. The van der Waals surface area contributed by atoms with Crippen molar-refractivity contribution in [3.8, 4) is 0 Å². The van der Waals surface area contributed by atoms with Gasteiger partial charge < -0.3 is 15.4 Å². The molecule has 0 bridgehead atoms. The average molecular weight is 283 g/mol. The molecule has 1 aliphatic carbocycles. The summed E-state index contributed by atoms with van der Waals surface area (Å²) in [6.07, 6.45) is 6.04. The van der Waals surface area contributed by atoms with Gasteiger partial charge in [-0.1, -0.05) is 26.2 Å². The summed E-state index contributed by atoms with van der Waals surface area (Å²) in [6, 6.07) is 0. The topological polar surface area (TPSA) is 58.8 Å². The van der Waals surface area contributed by atoms with E-state index in [1.165, 1.54) is 19.3 Å². The van der Waals surface area contributed by atoms with Crippen molar-refractivity contribution in [3.63, 3.8) is 0 Å². The summed E-state index contributed by atoms with van der Waals surface area (Å²) in [5, 5.41) is 0. The fourth-order valence-corrected chi connectivity index (χ4v) is 3.55. The summed E-state index contributed by atoms with van der Waals surface area (Å²) in [4.78, 5) is 16.7. The molecular formula is C15H29N3O2. The van der Waals surface area contributed by atoms with Gasteiger partial charge in [-0.25, -0.2) is 0 Å². The van der Waals surface area contributed by atoms with Crippen LogP contribution >= 0.6 is 0 Å². The minimum Gasteiger partial charge on any atom is -0.378 e. The zero-order chi connectivity index (χ0) is 14.4. The number of nitrogens with two attached hydrogens (primary N) is 1. The lowest BCUT2D eigenvalue weighted by molar-refractivity contribution is -0.138. The third-order valence-corrected chi connectivity index (χ3v) is 4.91. The first-order chi connectivity index (χ1) is 9.72. The Hall–Kier alpha value is -0.650. The molecule has 0 atom stereocenters. The van der Waals surface area contributed by atoms with Gasteiger partial charge in [-0.2, -0.15) is 0 Å². The van der Waals surface area contributed by atoms with Crippen LogP contribution in [0.25, 0.3) is 0 Å². The molecule has 1 saturated heterocycles. The van der Waals surface area contributed by atoms with E-state index in [-0.39, 0.29) is 11.4 Å². The predicted octanol–water partition coefficient (Wildman–Crippen LogP) is 0.829. The highest BCUT2D eigenvalue weighted by molar-refractivity contribution is 5.78. The van der Waals surface area contributed by atoms with Gasteiger partial charge in [0.15, 0.2) is 0 Å². The summed E-state index contributed by atoms with van der Waals surface area (Å²) >= 11 is 0. The maximum absolute atomic E-state index is 12.5. The Morgan fingerprint density at radius 3 is 2.45 bits per heavy atom. The maximum atomic E-state index is 12.5.